The Hall–Kier alpha value is -4.57. The third kappa shape index (κ3) is 8.47. The van der Waals surface area contributed by atoms with Crippen molar-refractivity contribution in [2.24, 2.45) is 0 Å². The summed E-state index contributed by atoms with van der Waals surface area (Å²) in [5.41, 5.74) is 4.12. The van der Waals surface area contributed by atoms with E-state index in [0.29, 0.717) is 41.6 Å². The van der Waals surface area contributed by atoms with Gasteiger partial charge >= 0.3 is 12.0 Å². The van der Waals surface area contributed by atoms with Gasteiger partial charge in [0.15, 0.2) is 5.78 Å². The maximum absolute atomic E-state index is 12.5. The number of aryl methyl sites for hydroxylation is 1. The van der Waals surface area contributed by atoms with Gasteiger partial charge in [0.05, 0.1) is 37.7 Å². The number of nitrogens with zero attached hydrogens (tertiary/aromatic N) is 1. The van der Waals surface area contributed by atoms with Gasteiger partial charge in [-0.05, 0) is 54.4 Å². The number of rotatable bonds is 13. The molecule has 0 saturated heterocycles. The summed E-state index contributed by atoms with van der Waals surface area (Å²) >= 11 is 0. The average Bonchev–Trinajstić information content (AvgIpc) is 2.94. The van der Waals surface area contributed by atoms with Gasteiger partial charge in [-0.25, -0.2) is 9.59 Å². The van der Waals surface area contributed by atoms with Crippen molar-refractivity contribution >= 4 is 34.8 Å². The zero-order valence-electron chi connectivity index (χ0n) is 23.5. The molecule has 10 heteroatoms. The van der Waals surface area contributed by atoms with Gasteiger partial charge in [0.1, 0.15) is 18.1 Å². The van der Waals surface area contributed by atoms with Gasteiger partial charge < -0.3 is 35.1 Å². The number of hydrogen-bond donors (Lipinski definition) is 3. The number of carbonyl (C=O) groups is 3. The number of amides is 2. The lowest BCUT2D eigenvalue weighted by Gasteiger charge is -2.19. The molecule has 40 heavy (non-hydrogen) atoms. The number of nitrogens with one attached hydrogen (secondary N) is 3. The first kappa shape index (κ1) is 30.0. The van der Waals surface area contributed by atoms with E-state index >= 15 is 0 Å². The Bertz CT molecular complexity index is 1340. The fraction of sp³-hybridized carbons (Fsp3) is 0.300. The average molecular weight is 549 g/mol. The van der Waals surface area contributed by atoms with Crippen LogP contribution in [0.4, 0.5) is 21.9 Å². The predicted molar refractivity (Wildman–Crippen MR) is 156 cm³/mol. The molecule has 10 nitrogen and oxygen atoms in total. The van der Waals surface area contributed by atoms with E-state index in [0.717, 1.165) is 16.8 Å². The molecule has 3 aromatic carbocycles. The number of benzene rings is 3. The highest BCUT2D eigenvalue weighted by Gasteiger charge is 2.14. The van der Waals surface area contributed by atoms with Crippen LogP contribution in [0.25, 0.3) is 0 Å². The van der Waals surface area contributed by atoms with Crippen LogP contribution in [-0.2, 0) is 16.0 Å². The highest BCUT2D eigenvalue weighted by atomic mass is 16.5. The lowest BCUT2D eigenvalue weighted by molar-refractivity contribution is -0.117. The van der Waals surface area contributed by atoms with Crippen molar-refractivity contribution in [3.8, 4) is 11.5 Å². The molecule has 0 heterocycles. The smallest absolute Gasteiger partial charge is 0.337 e. The van der Waals surface area contributed by atoms with Crippen LogP contribution in [0.1, 0.15) is 21.5 Å². The molecule has 0 aromatic heterocycles. The first-order valence-electron chi connectivity index (χ1n) is 12.8. The number of methoxy groups -OCH3 is 2. The molecule has 0 unspecified atom stereocenters. The van der Waals surface area contributed by atoms with E-state index in [-0.39, 0.29) is 24.8 Å². The molecular weight excluding hydrogens is 512 g/mol. The summed E-state index contributed by atoms with van der Waals surface area (Å²) in [5, 5.41) is 8.71. The van der Waals surface area contributed by atoms with Gasteiger partial charge in [-0.1, -0.05) is 24.3 Å². The van der Waals surface area contributed by atoms with Crippen molar-refractivity contribution in [1.29, 1.82) is 0 Å². The Kier molecular flexibility index (Phi) is 10.9. The largest absolute Gasteiger partial charge is 0.495 e. The Morgan fingerprint density at radius 1 is 0.875 bits per heavy atom. The normalized spacial score (nSPS) is 10.4. The van der Waals surface area contributed by atoms with Crippen molar-refractivity contribution in [3.05, 3.63) is 77.4 Å². The Morgan fingerprint density at radius 3 is 2.33 bits per heavy atom. The van der Waals surface area contributed by atoms with E-state index in [4.69, 9.17) is 14.2 Å². The highest BCUT2D eigenvalue weighted by Crippen LogP contribution is 2.29. The maximum atomic E-state index is 12.5. The second-order valence-corrected chi connectivity index (χ2v) is 9.24. The number of urea groups is 1. The van der Waals surface area contributed by atoms with E-state index in [2.05, 4.69) is 16.0 Å². The van der Waals surface area contributed by atoms with Gasteiger partial charge in [0, 0.05) is 32.7 Å². The van der Waals surface area contributed by atoms with Crippen LogP contribution in [0.3, 0.4) is 0 Å². The van der Waals surface area contributed by atoms with Gasteiger partial charge in [-0.15, -0.1) is 0 Å². The summed E-state index contributed by atoms with van der Waals surface area (Å²) in [6.45, 7) is 2.88. The summed E-state index contributed by atoms with van der Waals surface area (Å²) in [6, 6.07) is 17.4. The van der Waals surface area contributed by atoms with E-state index in [1.165, 1.54) is 14.2 Å². The Morgan fingerprint density at radius 2 is 1.62 bits per heavy atom. The molecule has 0 spiro atoms. The van der Waals surface area contributed by atoms with Crippen molar-refractivity contribution < 1.29 is 28.6 Å². The first-order valence-corrected chi connectivity index (χ1v) is 12.8. The monoisotopic (exact) mass is 548 g/mol. The minimum atomic E-state index is -0.415. The molecule has 3 N–H and O–H groups in total. The molecule has 0 aliphatic heterocycles. The Balaban J connectivity index is 1.47. The van der Waals surface area contributed by atoms with Crippen LogP contribution in [0.15, 0.2) is 60.7 Å². The van der Waals surface area contributed by atoms with Crippen molar-refractivity contribution in [2.45, 2.75) is 13.3 Å². The summed E-state index contributed by atoms with van der Waals surface area (Å²) in [6.07, 6.45) is 0.208. The molecule has 0 aliphatic rings. The van der Waals surface area contributed by atoms with E-state index in [1.54, 1.807) is 36.4 Å². The second-order valence-electron chi connectivity index (χ2n) is 9.24. The number of carbonyl (C=O) groups excluding carboxylic acids is 3. The van der Waals surface area contributed by atoms with Gasteiger partial charge in [0.2, 0.25) is 0 Å². The van der Waals surface area contributed by atoms with Gasteiger partial charge in [-0.2, -0.15) is 0 Å². The number of ketones is 1. The lowest BCUT2D eigenvalue weighted by atomic mass is 10.1. The molecule has 3 aromatic rings. The molecule has 212 valence electrons. The number of hydrogen-bond acceptors (Lipinski definition) is 8. The van der Waals surface area contributed by atoms with Crippen LogP contribution < -0.4 is 30.3 Å². The SMILES string of the molecule is COC(=O)c1ccc(OCCNCC(=O)Cc2ccc(NC(=O)Nc3ccccc3C)c(OC)c2)c(N(C)C)c1. The van der Waals surface area contributed by atoms with Gasteiger partial charge in [0.25, 0.3) is 0 Å². The van der Waals surface area contributed by atoms with Crippen LogP contribution in [-0.4, -0.2) is 65.8 Å². The molecule has 2 amide bonds. The quantitative estimate of drug-likeness (QED) is 0.214. The third-order valence-electron chi connectivity index (χ3n) is 6.03. The summed E-state index contributed by atoms with van der Waals surface area (Å²) < 4.78 is 16.1. The maximum Gasteiger partial charge on any atom is 0.337 e. The van der Waals surface area contributed by atoms with E-state index < -0.39 is 5.97 Å². The first-order chi connectivity index (χ1) is 19.2. The minimum absolute atomic E-state index is 0.00327. The summed E-state index contributed by atoms with van der Waals surface area (Å²) in [5.74, 6) is 0.666. The lowest BCUT2D eigenvalue weighted by Crippen LogP contribution is -2.28. The van der Waals surface area contributed by atoms with Crippen LogP contribution in [0.5, 0.6) is 11.5 Å². The second kappa shape index (κ2) is 14.5. The van der Waals surface area contributed by atoms with Crippen LogP contribution in [0.2, 0.25) is 0 Å². The Labute approximate surface area is 234 Å². The van der Waals surface area contributed by atoms with Crippen molar-refractivity contribution in [3.63, 3.8) is 0 Å². The topological polar surface area (TPSA) is 118 Å². The summed E-state index contributed by atoms with van der Waals surface area (Å²) in [4.78, 5) is 38.7. The third-order valence-corrected chi connectivity index (χ3v) is 6.03. The molecule has 0 atom stereocenters. The van der Waals surface area contributed by atoms with Gasteiger partial charge in [-0.3, -0.25) is 4.79 Å². The zero-order chi connectivity index (χ0) is 29.1. The number of ether oxygens (including phenoxy) is 3. The fourth-order valence-electron chi connectivity index (χ4n) is 3.92. The summed E-state index contributed by atoms with van der Waals surface area (Å²) in [7, 11) is 6.57. The molecule has 0 radical (unpaired) electrons. The van der Waals surface area contributed by atoms with Crippen molar-refractivity contribution in [2.75, 3.05) is 63.5 Å². The van der Waals surface area contributed by atoms with E-state index in [1.807, 2.05) is 50.2 Å². The molecule has 0 aliphatic carbocycles. The molecule has 0 fully saturated rings. The molecule has 3 rings (SSSR count). The fourth-order valence-corrected chi connectivity index (χ4v) is 3.92. The number of para-hydroxylation sites is 1. The highest BCUT2D eigenvalue weighted by molar-refractivity contribution is 6.01. The number of anilines is 3. The molecule has 0 bridgehead atoms. The van der Waals surface area contributed by atoms with Crippen LogP contribution in [0, 0.1) is 6.92 Å². The number of Topliss-reactive ketones (excluding diaryl/α,β-unsaturated/α-hetero) is 1. The van der Waals surface area contributed by atoms with E-state index in [9.17, 15) is 14.4 Å². The predicted octanol–water partition coefficient (Wildman–Crippen LogP) is 4.28. The minimum Gasteiger partial charge on any atom is -0.495 e. The van der Waals surface area contributed by atoms with Crippen molar-refractivity contribution in [1.82, 2.24) is 5.32 Å². The zero-order valence-corrected chi connectivity index (χ0v) is 23.5. The number of esters is 1. The standard InChI is InChI=1S/C30H36N4O6/c1-20-8-6-7-9-24(20)32-30(37)33-25-12-10-21(17-28(25)38-4)16-23(35)19-31-14-15-40-27-13-11-22(29(36)39-5)18-26(27)34(2)3/h6-13,17-18,31H,14-16,19H2,1-5H3,(H2,32,33,37). The molecule has 0 saturated carbocycles. The molecular formula is C30H36N4O6. The van der Waals surface area contributed by atoms with Crippen LogP contribution >= 0.6 is 0 Å².